The number of carbonyl (C=O) groups is 1. The zero-order chi connectivity index (χ0) is 13.7. The van der Waals surface area contributed by atoms with Gasteiger partial charge in [0.15, 0.2) is 0 Å². The summed E-state index contributed by atoms with van der Waals surface area (Å²) in [7, 11) is 1.64. The van der Waals surface area contributed by atoms with E-state index in [4.69, 9.17) is 10.5 Å². The summed E-state index contributed by atoms with van der Waals surface area (Å²) in [5.74, 6) is 1.04. The Morgan fingerprint density at radius 1 is 1.35 bits per heavy atom. The fourth-order valence-electron chi connectivity index (χ4n) is 2.54. The molecule has 1 fully saturated rings. The molecular formula is C15H23ClN2O2. The lowest BCUT2D eigenvalue weighted by atomic mass is 9.85. The van der Waals surface area contributed by atoms with E-state index in [1.807, 2.05) is 24.3 Å². The minimum absolute atomic E-state index is 0. The summed E-state index contributed by atoms with van der Waals surface area (Å²) >= 11 is 0. The van der Waals surface area contributed by atoms with Crippen molar-refractivity contribution >= 4 is 18.3 Å². The predicted molar refractivity (Wildman–Crippen MR) is 82.0 cm³/mol. The maximum atomic E-state index is 12.0. The van der Waals surface area contributed by atoms with Gasteiger partial charge in [0.1, 0.15) is 5.75 Å². The van der Waals surface area contributed by atoms with Crippen LogP contribution in [0.15, 0.2) is 24.3 Å². The number of hydrogen-bond donors (Lipinski definition) is 2. The second-order valence-corrected chi connectivity index (χ2v) is 5.19. The van der Waals surface area contributed by atoms with Gasteiger partial charge in [-0.3, -0.25) is 4.79 Å². The van der Waals surface area contributed by atoms with Gasteiger partial charge in [0, 0.05) is 18.5 Å². The van der Waals surface area contributed by atoms with Crippen LogP contribution in [0.4, 0.5) is 0 Å². The minimum Gasteiger partial charge on any atom is -0.497 e. The van der Waals surface area contributed by atoms with Crippen LogP contribution >= 0.6 is 12.4 Å². The lowest BCUT2D eigenvalue weighted by molar-refractivity contribution is -0.126. The Bertz CT molecular complexity index is 422. The van der Waals surface area contributed by atoms with Crippen molar-refractivity contribution in [1.29, 1.82) is 0 Å². The SMILES string of the molecule is COc1ccc(CNC(=O)C2CCCC(N)C2)cc1.Cl. The van der Waals surface area contributed by atoms with E-state index in [1.54, 1.807) is 7.11 Å². The molecule has 1 amide bonds. The van der Waals surface area contributed by atoms with Crippen LogP contribution in [-0.4, -0.2) is 19.1 Å². The topological polar surface area (TPSA) is 64.3 Å². The lowest BCUT2D eigenvalue weighted by Gasteiger charge is -2.25. The van der Waals surface area contributed by atoms with E-state index in [0.717, 1.165) is 37.0 Å². The number of nitrogens with two attached hydrogens (primary N) is 1. The number of halogens is 1. The molecule has 0 bridgehead atoms. The van der Waals surface area contributed by atoms with Gasteiger partial charge in [0.2, 0.25) is 5.91 Å². The first-order valence-corrected chi connectivity index (χ1v) is 6.85. The number of amides is 1. The minimum atomic E-state index is 0. The van der Waals surface area contributed by atoms with Crippen LogP contribution in [0.2, 0.25) is 0 Å². The third kappa shape index (κ3) is 4.69. The normalized spacial score (nSPS) is 21.7. The molecule has 1 saturated carbocycles. The highest BCUT2D eigenvalue weighted by Gasteiger charge is 2.24. The van der Waals surface area contributed by atoms with Crippen LogP contribution < -0.4 is 15.8 Å². The van der Waals surface area contributed by atoms with Crippen LogP contribution in [0.25, 0.3) is 0 Å². The smallest absolute Gasteiger partial charge is 0.223 e. The molecule has 0 radical (unpaired) electrons. The number of ether oxygens (including phenoxy) is 1. The molecule has 0 aromatic heterocycles. The van der Waals surface area contributed by atoms with Crippen molar-refractivity contribution in [3.8, 4) is 5.75 Å². The molecule has 0 spiro atoms. The fourth-order valence-corrected chi connectivity index (χ4v) is 2.54. The Balaban J connectivity index is 0.00000200. The molecule has 4 nitrogen and oxygen atoms in total. The van der Waals surface area contributed by atoms with Crippen molar-refractivity contribution < 1.29 is 9.53 Å². The number of nitrogens with one attached hydrogen (secondary N) is 1. The molecule has 5 heteroatoms. The fraction of sp³-hybridized carbons (Fsp3) is 0.533. The van der Waals surface area contributed by atoms with Gasteiger partial charge < -0.3 is 15.8 Å². The first-order chi connectivity index (χ1) is 9.19. The molecule has 3 N–H and O–H groups in total. The molecule has 1 aliphatic carbocycles. The Labute approximate surface area is 126 Å². The third-order valence-corrected chi connectivity index (χ3v) is 3.71. The second-order valence-electron chi connectivity index (χ2n) is 5.19. The van der Waals surface area contributed by atoms with E-state index < -0.39 is 0 Å². The van der Waals surface area contributed by atoms with Gasteiger partial charge in [-0.25, -0.2) is 0 Å². The number of benzene rings is 1. The van der Waals surface area contributed by atoms with Gasteiger partial charge in [-0.2, -0.15) is 0 Å². The van der Waals surface area contributed by atoms with E-state index >= 15 is 0 Å². The number of methoxy groups -OCH3 is 1. The third-order valence-electron chi connectivity index (χ3n) is 3.71. The van der Waals surface area contributed by atoms with Crippen molar-refractivity contribution in [3.05, 3.63) is 29.8 Å². The van der Waals surface area contributed by atoms with Crippen LogP contribution in [0.3, 0.4) is 0 Å². The van der Waals surface area contributed by atoms with Crippen molar-refractivity contribution in [2.45, 2.75) is 38.3 Å². The second kappa shape index (κ2) is 8.12. The first kappa shape index (κ1) is 16.8. The zero-order valence-electron chi connectivity index (χ0n) is 11.8. The molecule has 0 heterocycles. The summed E-state index contributed by atoms with van der Waals surface area (Å²) in [5.41, 5.74) is 6.99. The van der Waals surface area contributed by atoms with Crippen LogP contribution in [0.5, 0.6) is 5.75 Å². The molecule has 112 valence electrons. The van der Waals surface area contributed by atoms with Crippen LogP contribution in [-0.2, 0) is 11.3 Å². The summed E-state index contributed by atoms with van der Waals surface area (Å²) in [4.78, 5) is 12.0. The quantitative estimate of drug-likeness (QED) is 0.896. The van der Waals surface area contributed by atoms with Crippen molar-refractivity contribution in [2.24, 2.45) is 11.7 Å². The van der Waals surface area contributed by atoms with E-state index in [9.17, 15) is 4.79 Å². The summed E-state index contributed by atoms with van der Waals surface area (Å²) < 4.78 is 5.10. The molecule has 1 aromatic carbocycles. The number of hydrogen-bond acceptors (Lipinski definition) is 3. The average molecular weight is 299 g/mol. The number of rotatable bonds is 4. The largest absolute Gasteiger partial charge is 0.497 e. The maximum Gasteiger partial charge on any atom is 0.223 e. The Morgan fingerprint density at radius 3 is 2.65 bits per heavy atom. The van der Waals surface area contributed by atoms with Gasteiger partial charge >= 0.3 is 0 Å². The molecule has 0 aliphatic heterocycles. The summed E-state index contributed by atoms with van der Waals surface area (Å²) in [6, 6.07) is 7.92. The Kier molecular flexibility index (Phi) is 6.82. The van der Waals surface area contributed by atoms with Gasteiger partial charge in [-0.15, -0.1) is 12.4 Å². The van der Waals surface area contributed by atoms with Crippen LogP contribution in [0, 0.1) is 5.92 Å². The van der Waals surface area contributed by atoms with Gasteiger partial charge in [-0.05, 0) is 37.0 Å². The monoisotopic (exact) mass is 298 g/mol. The lowest BCUT2D eigenvalue weighted by Crippen LogP contribution is -2.37. The summed E-state index contributed by atoms with van der Waals surface area (Å²) in [5, 5.41) is 2.99. The molecule has 1 aliphatic rings. The zero-order valence-corrected chi connectivity index (χ0v) is 12.6. The van der Waals surface area contributed by atoms with E-state index in [0.29, 0.717) is 6.54 Å². The summed E-state index contributed by atoms with van der Waals surface area (Å²) in [6.07, 6.45) is 3.88. The number of carbonyl (C=O) groups excluding carboxylic acids is 1. The standard InChI is InChI=1S/C15H22N2O2.ClH/c1-19-14-7-5-11(6-8-14)10-17-15(18)12-3-2-4-13(16)9-12;/h5-8,12-13H,2-4,9-10,16H2,1H3,(H,17,18);1H. The Hall–Kier alpha value is -1.26. The molecule has 2 atom stereocenters. The highest BCUT2D eigenvalue weighted by atomic mass is 35.5. The average Bonchev–Trinajstić information content (AvgIpc) is 2.45. The Morgan fingerprint density at radius 2 is 2.05 bits per heavy atom. The van der Waals surface area contributed by atoms with Gasteiger partial charge in [-0.1, -0.05) is 18.6 Å². The van der Waals surface area contributed by atoms with Gasteiger partial charge in [0.25, 0.3) is 0 Å². The highest BCUT2D eigenvalue weighted by molar-refractivity contribution is 5.85. The molecule has 2 unspecified atom stereocenters. The molecular weight excluding hydrogens is 276 g/mol. The van der Waals surface area contributed by atoms with Crippen molar-refractivity contribution in [1.82, 2.24) is 5.32 Å². The van der Waals surface area contributed by atoms with Crippen molar-refractivity contribution in [3.63, 3.8) is 0 Å². The van der Waals surface area contributed by atoms with Crippen molar-refractivity contribution in [2.75, 3.05) is 7.11 Å². The van der Waals surface area contributed by atoms with Gasteiger partial charge in [0.05, 0.1) is 7.11 Å². The molecule has 20 heavy (non-hydrogen) atoms. The van der Waals surface area contributed by atoms with Crippen LogP contribution in [0.1, 0.15) is 31.2 Å². The van der Waals surface area contributed by atoms with E-state index in [1.165, 1.54) is 0 Å². The van der Waals surface area contributed by atoms with E-state index in [2.05, 4.69) is 5.32 Å². The predicted octanol–water partition coefficient (Wildman–Crippen LogP) is 2.25. The summed E-state index contributed by atoms with van der Waals surface area (Å²) in [6.45, 7) is 0.564. The molecule has 1 aromatic rings. The molecule has 2 rings (SSSR count). The first-order valence-electron chi connectivity index (χ1n) is 6.85. The van der Waals surface area contributed by atoms with E-state index in [-0.39, 0.29) is 30.3 Å². The maximum absolute atomic E-state index is 12.0. The highest BCUT2D eigenvalue weighted by Crippen LogP contribution is 2.23. The molecule has 0 saturated heterocycles.